The predicted molar refractivity (Wildman–Crippen MR) is 96.1 cm³/mol. The van der Waals surface area contributed by atoms with Crippen molar-refractivity contribution in [3.05, 3.63) is 54.1 Å². The normalized spacial score (nSPS) is 22.5. The summed E-state index contributed by atoms with van der Waals surface area (Å²) in [5.74, 6) is 0.820. The van der Waals surface area contributed by atoms with Gasteiger partial charge in [0.2, 0.25) is 5.91 Å². The summed E-state index contributed by atoms with van der Waals surface area (Å²) in [6, 6.07) is 9.93. The number of amides is 1. The molecule has 3 atom stereocenters. The maximum Gasteiger partial charge on any atom is 0.235 e. The molecule has 1 aromatic heterocycles. The molecule has 134 valence electrons. The summed E-state index contributed by atoms with van der Waals surface area (Å²) in [7, 11) is 1.94. The van der Waals surface area contributed by atoms with Crippen molar-refractivity contribution >= 4 is 5.91 Å². The van der Waals surface area contributed by atoms with Gasteiger partial charge < -0.3 is 14.6 Å². The first-order chi connectivity index (χ1) is 12.0. The fourth-order valence-electron chi connectivity index (χ4n) is 3.18. The van der Waals surface area contributed by atoms with E-state index in [2.05, 4.69) is 22.1 Å². The number of morpholine rings is 1. The van der Waals surface area contributed by atoms with E-state index in [1.54, 1.807) is 6.20 Å². The van der Waals surface area contributed by atoms with E-state index in [1.807, 2.05) is 55.1 Å². The zero-order chi connectivity index (χ0) is 17.8. The van der Waals surface area contributed by atoms with Gasteiger partial charge in [-0.25, -0.2) is 4.98 Å². The first-order valence-electron chi connectivity index (χ1n) is 8.71. The summed E-state index contributed by atoms with van der Waals surface area (Å²) in [5.41, 5.74) is 1.02. The topological polar surface area (TPSA) is 59.4 Å². The maximum absolute atomic E-state index is 12.7. The molecule has 25 heavy (non-hydrogen) atoms. The van der Waals surface area contributed by atoms with E-state index < -0.39 is 0 Å². The molecule has 1 fully saturated rings. The largest absolute Gasteiger partial charge is 0.376 e. The lowest BCUT2D eigenvalue weighted by Crippen LogP contribution is -2.51. The molecule has 6 heteroatoms. The molecule has 0 radical (unpaired) electrons. The number of rotatable bonds is 5. The Labute approximate surface area is 148 Å². The Bertz CT molecular complexity index is 700. The lowest BCUT2D eigenvalue weighted by Gasteiger charge is -2.36. The van der Waals surface area contributed by atoms with Crippen molar-refractivity contribution in [2.24, 2.45) is 7.05 Å². The lowest BCUT2D eigenvalue weighted by molar-refractivity contribution is -0.126. The van der Waals surface area contributed by atoms with Crippen LogP contribution in [0.2, 0.25) is 0 Å². The fraction of sp³-hybridized carbons (Fsp3) is 0.474. The quantitative estimate of drug-likeness (QED) is 0.899. The Morgan fingerprint density at radius 3 is 2.80 bits per heavy atom. The fourth-order valence-corrected chi connectivity index (χ4v) is 3.18. The van der Waals surface area contributed by atoms with E-state index >= 15 is 0 Å². The highest BCUT2D eigenvalue weighted by atomic mass is 16.5. The average Bonchev–Trinajstić information content (AvgIpc) is 3.02. The molecule has 6 nitrogen and oxygen atoms in total. The standard InChI is InChI=1S/C19H26N4O2/c1-14-13-25-15(2)11-23(14)12-17(24)21-18(16-7-5-4-6-8-16)19-20-9-10-22(19)3/h4-10,14-15,18H,11-13H2,1-3H3,(H,21,24). The molecule has 2 heterocycles. The number of nitrogens with one attached hydrogen (secondary N) is 1. The number of ether oxygens (including phenoxy) is 1. The van der Waals surface area contributed by atoms with Crippen molar-refractivity contribution < 1.29 is 9.53 Å². The molecule has 0 spiro atoms. The third kappa shape index (κ3) is 4.27. The molecular formula is C19H26N4O2. The van der Waals surface area contributed by atoms with E-state index in [0.717, 1.165) is 17.9 Å². The number of nitrogens with zero attached hydrogens (tertiary/aromatic N) is 3. The number of carbonyl (C=O) groups excluding carboxylic acids is 1. The Morgan fingerprint density at radius 2 is 2.12 bits per heavy atom. The van der Waals surface area contributed by atoms with Gasteiger partial charge in [-0.2, -0.15) is 0 Å². The van der Waals surface area contributed by atoms with Gasteiger partial charge in [-0.3, -0.25) is 9.69 Å². The molecule has 3 unspecified atom stereocenters. The molecule has 0 bridgehead atoms. The zero-order valence-corrected chi connectivity index (χ0v) is 15.1. The van der Waals surface area contributed by atoms with Crippen LogP contribution in [0.4, 0.5) is 0 Å². The third-order valence-electron chi connectivity index (χ3n) is 4.64. The van der Waals surface area contributed by atoms with Crippen LogP contribution in [0.5, 0.6) is 0 Å². The van der Waals surface area contributed by atoms with Crippen LogP contribution in [0.15, 0.2) is 42.7 Å². The van der Waals surface area contributed by atoms with Crippen LogP contribution in [-0.4, -0.2) is 52.2 Å². The second-order valence-electron chi connectivity index (χ2n) is 6.73. The van der Waals surface area contributed by atoms with E-state index in [1.165, 1.54) is 0 Å². The Balaban J connectivity index is 1.74. The van der Waals surface area contributed by atoms with Crippen LogP contribution in [0.1, 0.15) is 31.3 Å². The monoisotopic (exact) mass is 342 g/mol. The summed E-state index contributed by atoms with van der Waals surface area (Å²) in [6.45, 7) is 5.93. The summed E-state index contributed by atoms with van der Waals surface area (Å²) >= 11 is 0. The van der Waals surface area contributed by atoms with Gasteiger partial charge in [0.15, 0.2) is 0 Å². The predicted octanol–water partition coefficient (Wildman–Crippen LogP) is 1.73. The van der Waals surface area contributed by atoms with Crippen molar-refractivity contribution in [1.82, 2.24) is 19.8 Å². The average molecular weight is 342 g/mol. The molecule has 3 rings (SSSR count). The van der Waals surface area contributed by atoms with E-state index in [-0.39, 0.29) is 24.1 Å². The van der Waals surface area contributed by atoms with Gasteiger partial charge >= 0.3 is 0 Å². The molecule has 1 aromatic carbocycles. The van der Waals surface area contributed by atoms with Gasteiger partial charge in [0.25, 0.3) is 0 Å². The highest BCUT2D eigenvalue weighted by Gasteiger charge is 2.27. The van der Waals surface area contributed by atoms with Gasteiger partial charge in [0.05, 0.1) is 19.3 Å². The van der Waals surface area contributed by atoms with Crippen molar-refractivity contribution in [2.75, 3.05) is 19.7 Å². The van der Waals surface area contributed by atoms with Crippen molar-refractivity contribution in [3.63, 3.8) is 0 Å². The number of hydrogen-bond acceptors (Lipinski definition) is 4. The number of imidazole rings is 1. The molecule has 1 N–H and O–H groups in total. The van der Waals surface area contributed by atoms with Gasteiger partial charge in [0.1, 0.15) is 11.9 Å². The number of hydrogen-bond donors (Lipinski definition) is 1. The summed E-state index contributed by atoms with van der Waals surface area (Å²) in [4.78, 5) is 19.3. The molecule has 0 saturated carbocycles. The highest BCUT2D eigenvalue weighted by Crippen LogP contribution is 2.20. The Morgan fingerprint density at radius 1 is 1.36 bits per heavy atom. The molecule has 0 aliphatic carbocycles. The van der Waals surface area contributed by atoms with Gasteiger partial charge in [-0.1, -0.05) is 30.3 Å². The molecule has 2 aromatic rings. The SMILES string of the molecule is CC1CN(CC(=O)NC(c2ccccc2)c2nccn2C)C(C)CO1. The Kier molecular flexibility index (Phi) is 5.50. The van der Waals surface area contributed by atoms with Crippen LogP contribution in [-0.2, 0) is 16.6 Å². The lowest BCUT2D eigenvalue weighted by atomic mass is 10.1. The first kappa shape index (κ1) is 17.6. The van der Waals surface area contributed by atoms with Crippen molar-refractivity contribution in [2.45, 2.75) is 32.0 Å². The molecule has 1 aliphatic heterocycles. The van der Waals surface area contributed by atoms with Crippen molar-refractivity contribution in [3.8, 4) is 0 Å². The smallest absolute Gasteiger partial charge is 0.235 e. The van der Waals surface area contributed by atoms with Gasteiger partial charge in [-0.15, -0.1) is 0 Å². The van der Waals surface area contributed by atoms with E-state index in [0.29, 0.717) is 13.2 Å². The van der Waals surface area contributed by atoms with Crippen LogP contribution >= 0.6 is 0 Å². The van der Waals surface area contributed by atoms with Crippen LogP contribution in [0, 0.1) is 0 Å². The van der Waals surface area contributed by atoms with Gasteiger partial charge in [-0.05, 0) is 19.4 Å². The van der Waals surface area contributed by atoms with Gasteiger partial charge in [0, 0.05) is 32.0 Å². The minimum Gasteiger partial charge on any atom is -0.376 e. The van der Waals surface area contributed by atoms with Crippen LogP contribution < -0.4 is 5.32 Å². The zero-order valence-electron chi connectivity index (χ0n) is 15.1. The highest BCUT2D eigenvalue weighted by molar-refractivity contribution is 5.79. The number of carbonyl (C=O) groups is 1. The first-order valence-corrected chi connectivity index (χ1v) is 8.71. The van der Waals surface area contributed by atoms with Crippen molar-refractivity contribution in [1.29, 1.82) is 0 Å². The number of benzene rings is 1. The maximum atomic E-state index is 12.7. The summed E-state index contributed by atoms with van der Waals surface area (Å²) in [5, 5.41) is 3.15. The minimum atomic E-state index is -0.262. The number of aryl methyl sites for hydroxylation is 1. The second kappa shape index (κ2) is 7.80. The minimum absolute atomic E-state index is 0.00203. The molecule has 1 aliphatic rings. The third-order valence-corrected chi connectivity index (χ3v) is 4.64. The summed E-state index contributed by atoms with van der Waals surface area (Å²) in [6.07, 6.45) is 3.80. The van der Waals surface area contributed by atoms with Crippen LogP contribution in [0.25, 0.3) is 0 Å². The van der Waals surface area contributed by atoms with E-state index in [4.69, 9.17) is 4.74 Å². The second-order valence-corrected chi connectivity index (χ2v) is 6.73. The molecule has 1 amide bonds. The molecule has 1 saturated heterocycles. The molecular weight excluding hydrogens is 316 g/mol. The number of aromatic nitrogens is 2. The van der Waals surface area contributed by atoms with Crippen LogP contribution in [0.3, 0.4) is 0 Å². The Hall–Kier alpha value is -2.18. The summed E-state index contributed by atoms with van der Waals surface area (Å²) < 4.78 is 7.58. The van der Waals surface area contributed by atoms with E-state index in [9.17, 15) is 4.79 Å².